The van der Waals surface area contributed by atoms with Crippen LogP contribution in [0.5, 0.6) is 0 Å². The van der Waals surface area contributed by atoms with Gasteiger partial charge in [-0.15, -0.1) is 11.3 Å². The molecule has 2 aliphatic heterocycles. The smallest absolute Gasteiger partial charge is 0.109 e. The summed E-state index contributed by atoms with van der Waals surface area (Å²) in [5, 5.41) is 3.26. The highest BCUT2D eigenvalue weighted by atomic mass is 32.1. The van der Waals surface area contributed by atoms with E-state index in [0.29, 0.717) is 0 Å². The number of likely N-dealkylation sites (tertiary alicyclic amines) is 1. The van der Waals surface area contributed by atoms with Crippen molar-refractivity contribution >= 4 is 11.3 Å². The third-order valence-corrected chi connectivity index (χ3v) is 5.90. The molecule has 130 valence electrons. The van der Waals surface area contributed by atoms with Crippen LogP contribution in [-0.4, -0.2) is 69.3 Å². The average molecular weight is 347 g/mol. The fraction of sp³-hybridized carbons (Fsp3) is 0.647. The zero-order valence-corrected chi connectivity index (χ0v) is 15.0. The predicted molar refractivity (Wildman–Crippen MR) is 94.0 cm³/mol. The molecule has 4 rings (SSSR count). The summed E-state index contributed by atoms with van der Waals surface area (Å²) < 4.78 is 8.36. The van der Waals surface area contributed by atoms with Crippen LogP contribution in [0, 0.1) is 0 Å². The first-order valence-corrected chi connectivity index (χ1v) is 9.54. The molecule has 2 saturated heterocycles. The van der Waals surface area contributed by atoms with Gasteiger partial charge in [0.25, 0.3) is 0 Å². The van der Waals surface area contributed by atoms with Crippen molar-refractivity contribution in [1.29, 1.82) is 0 Å². The minimum Gasteiger partial charge on any atom is -0.371 e. The van der Waals surface area contributed by atoms with Crippen LogP contribution in [0.25, 0.3) is 0 Å². The van der Waals surface area contributed by atoms with Gasteiger partial charge in [-0.3, -0.25) is 9.80 Å². The topological polar surface area (TPSA) is 46.4 Å². The molecule has 1 spiro atoms. The Morgan fingerprint density at radius 1 is 1.21 bits per heavy atom. The van der Waals surface area contributed by atoms with Crippen LogP contribution in [0.2, 0.25) is 0 Å². The van der Waals surface area contributed by atoms with Crippen LogP contribution in [0.15, 0.2) is 24.0 Å². The van der Waals surface area contributed by atoms with E-state index < -0.39 is 0 Å². The Hall–Kier alpha value is -1.28. The standard InChI is InChI=1S/C17H25N5OS/c1-20-8-4-18-15(20)2-6-21-9-10-23-17(13-21)3-7-22(14-17)12-16-19-5-11-24-16/h4-5,8,11H,2-3,6-7,9-10,12-14H2,1H3. The number of imidazole rings is 1. The van der Waals surface area contributed by atoms with Crippen LogP contribution in [0.3, 0.4) is 0 Å². The number of aryl methyl sites for hydroxylation is 1. The average Bonchev–Trinajstić information content (AvgIpc) is 3.30. The molecule has 2 aliphatic rings. The van der Waals surface area contributed by atoms with Crippen LogP contribution < -0.4 is 0 Å². The van der Waals surface area contributed by atoms with Gasteiger partial charge in [0.05, 0.1) is 18.8 Å². The Balaban J connectivity index is 1.32. The number of ether oxygens (including phenoxy) is 1. The largest absolute Gasteiger partial charge is 0.371 e. The lowest BCUT2D eigenvalue weighted by Gasteiger charge is -2.40. The van der Waals surface area contributed by atoms with Crippen molar-refractivity contribution < 1.29 is 4.74 Å². The van der Waals surface area contributed by atoms with Crippen molar-refractivity contribution in [2.24, 2.45) is 7.05 Å². The summed E-state index contributed by atoms with van der Waals surface area (Å²) in [4.78, 5) is 13.9. The zero-order valence-electron chi connectivity index (χ0n) is 14.2. The van der Waals surface area contributed by atoms with E-state index in [0.717, 1.165) is 64.5 Å². The Labute approximate surface area is 147 Å². The van der Waals surface area contributed by atoms with E-state index in [4.69, 9.17) is 4.74 Å². The molecule has 0 aliphatic carbocycles. The fourth-order valence-corrected chi connectivity index (χ4v) is 4.50. The maximum Gasteiger partial charge on any atom is 0.109 e. The molecule has 4 heterocycles. The number of rotatable bonds is 5. The Morgan fingerprint density at radius 3 is 2.92 bits per heavy atom. The molecule has 2 aromatic rings. The molecular formula is C17H25N5OS. The molecule has 1 unspecified atom stereocenters. The minimum atomic E-state index is 0.0111. The van der Waals surface area contributed by atoms with E-state index in [2.05, 4.69) is 36.8 Å². The molecule has 1 atom stereocenters. The minimum absolute atomic E-state index is 0.0111. The Bertz CT molecular complexity index is 658. The molecule has 0 N–H and O–H groups in total. The highest BCUT2D eigenvalue weighted by molar-refractivity contribution is 7.09. The first-order valence-electron chi connectivity index (χ1n) is 8.66. The molecular weight excluding hydrogens is 322 g/mol. The number of nitrogens with zero attached hydrogens (tertiary/aromatic N) is 5. The lowest BCUT2D eigenvalue weighted by Crippen LogP contribution is -2.53. The molecule has 24 heavy (non-hydrogen) atoms. The van der Waals surface area contributed by atoms with E-state index in [9.17, 15) is 0 Å². The molecule has 6 nitrogen and oxygen atoms in total. The Morgan fingerprint density at radius 2 is 2.12 bits per heavy atom. The third kappa shape index (κ3) is 3.54. The monoisotopic (exact) mass is 347 g/mol. The van der Waals surface area contributed by atoms with Crippen LogP contribution in [0.4, 0.5) is 0 Å². The molecule has 0 aromatic carbocycles. The van der Waals surface area contributed by atoms with Gasteiger partial charge in [-0.1, -0.05) is 0 Å². The van der Waals surface area contributed by atoms with Crippen LogP contribution in [0.1, 0.15) is 17.3 Å². The van der Waals surface area contributed by atoms with Crippen LogP contribution >= 0.6 is 11.3 Å². The molecule has 0 amide bonds. The maximum absolute atomic E-state index is 6.25. The number of aromatic nitrogens is 3. The Kier molecular flexibility index (Phi) is 4.67. The normalized spacial score (nSPS) is 25.7. The van der Waals surface area contributed by atoms with Gasteiger partial charge in [0.15, 0.2) is 0 Å². The second kappa shape index (κ2) is 6.92. The van der Waals surface area contributed by atoms with E-state index in [1.54, 1.807) is 11.3 Å². The molecule has 2 aromatic heterocycles. The first-order chi connectivity index (χ1) is 11.7. The number of thiazole rings is 1. The highest BCUT2D eigenvalue weighted by Gasteiger charge is 2.42. The van der Waals surface area contributed by atoms with Crippen molar-refractivity contribution in [2.45, 2.75) is 25.0 Å². The fourth-order valence-electron chi connectivity index (χ4n) is 3.84. The summed E-state index contributed by atoms with van der Waals surface area (Å²) >= 11 is 1.74. The predicted octanol–water partition coefficient (Wildman–Crippen LogP) is 1.40. The van der Waals surface area contributed by atoms with Crippen molar-refractivity contribution in [3.8, 4) is 0 Å². The summed E-state index contributed by atoms with van der Waals surface area (Å²) in [5.74, 6) is 1.16. The molecule has 2 fully saturated rings. The van der Waals surface area contributed by atoms with E-state index in [-0.39, 0.29) is 5.60 Å². The van der Waals surface area contributed by atoms with Gasteiger partial charge in [-0.25, -0.2) is 9.97 Å². The summed E-state index contributed by atoms with van der Waals surface area (Å²) in [6.45, 7) is 7.03. The van der Waals surface area contributed by atoms with Gasteiger partial charge in [0.2, 0.25) is 0 Å². The summed E-state index contributed by atoms with van der Waals surface area (Å²) in [7, 11) is 2.07. The van der Waals surface area contributed by atoms with Crippen LogP contribution in [-0.2, 0) is 24.8 Å². The van der Waals surface area contributed by atoms with Gasteiger partial charge < -0.3 is 9.30 Å². The SMILES string of the molecule is Cn1ccnc1CCN1CCOC2(CCN(Cc3nccs3)C2)C1. The maximum atomic E-state index is 6.25. The zero-order chi connectivity index (χ0) is 16.4. The van der Waals surface area contributed by atoms with Gasteiger partial charge in [0, 0.05) is 70.2 Å². The second-order valence-electron chi connectivity index (χ2n) is 6.90. The molecule has 0 radical (unpaired) electrons. The van der Waals surface area contributed by atoms with Gasteiger partial charge >= 0.3 is 0 Å². The third-order valence-electron chi connectivity index (χ3n) is 5.14. The first kappa shape index (κ1) is 16.2. The lowest BCUT2D eigenvalue weighted by molar-refractivity contribution is -0.101. The lowest BCUT2D eigenvalue weighted by atomic mass is 10.0. The molecule has 0 bridgehead atoms. The second-order valence-corrected chi connectivity index (χ2v) is 7.88. The van der Waals surface area contributed by atoms with Crippen molar-refractivity contribution in [2.75, 3.05) is 39.3 Å². The van der Waals surface area contributed by atoms with Gasteiger partial charge in [0.1, 0.15) is 10.8 Å². The highest BCUT2D eigenvalue weighted by Crippen LogP contribution is 2.30. The number of hydrogen-bond donors (Lipinski definition) is 0. The van der Waals surface area contributed by atoms with E-state index in [1.807, 2.05) is 18.6 Å². The van der Waals surface area contributed by atoms with E-state index >= 15 is 0 Å². The van der Waals surface area contributed by atoms with E-state index in [1.165, 1.54) is 5.01 Å². The van der Waals surface area contributed by atoms with Gasteiger partial charge in [-0.2, -0.15) is 0 Å². The summed E-state index contributed by atoms with van der Waals surface area (Å²) in [6, 6.07) is 0. The van der Waals surface area contributed by atoms with Crippen molar-refractivity contribution in [1.82, 2.24) is 24.3 Å². The molecule has 7 heteroatoms. The molecule has 0 saturated carbocycles. The summed E-state index contributed by atoms with van der Waals surface area (Å²) in [5.41, 5.74) is 0.0111. The van der Waals surface area contributed by atoms with Crippen molar-refractivity contribution in [3.05, 3.63) is 34.8 Å². The number of hydrogen-bond acceptors (Lipinski definition) is 6. The summed E-state index contributed by atoms with van der Waals surface area (Å²) in [6.07, 6.45) is 7.91. The van der Waals surface area contributed by atoms with Gasteiger partial charge in [-0.05, 0) is 6.42 Å². The quantitative estimate of drug-likeness (QED) is 0.818. The van der Waals surface area contributed by atoms with Crippen molar-refractivity contribution in [3.63, 3.8) is 0 Å². The number of morpholine rings is 1.